The van der Waals surface area contributed by atoms with Crippen LogP contribution in [0.1, 0.15) is 49.0 Å². The average Bonchev–Trinajstić information content (AvgIpc) is 2.46. The number of hydrogen-bond donors (Lipinski definition) is 1. The summed E-state index contributed by atoms with van der Waals surface area (Å²) in [5, 5.41) is 0. The summed E-state index contributed by atoms with van der Waals surface area (Å²) in [5.41, 5.74) is 8.05. The zero-order valence-corrected chi connectivity index (χ0v) is 12.7. The van der Waals surface area contributed by atoms with E-state index < -0.39 is 0 Å². The van der Waals surface area contributed by atoms with Crippen molar-refractivity contribution in [2.75, 3.05) is 19.6 Å². The molecule has 0 fully saturated rings. The Hall–Kier alpha value is -1.35. The maximum atomic E-state index is 12.4. The molecule has 0 aromatic heterocycles. The van der Waals surface area contributed by atoms with Crippen LogP contribution in [0.3, 0.4) is 0 Å². The summed E-state index contributed by atoms with van der Waals surface area (Å²) in [6.45, 7) is 6.86. The Bertz CT molecular complexity index is 468. The third-order valence-corrected chi connectivity index (χ3v) is 4.27. The van der Waals surface area contributed by atoms with Gasteiger partial charge < -0.3 is 10.6 Å². The molecule has 0 radical (unpaired) electrons. The Kier molecular flexibility index (Phi) is 4.81. The normalized spacial score (nSPS) is 15.3. The van der Waals surface area contributed by atoms with Gasteiger partial charge in [-0.15, -0.1) is 0 Å². The number of carbonyl (C=O) groups excluding carboxylic acids is 1. The second-order valence-corrected chi connectivity index (χ2v) is 6.52. The van der Waals surface area contributed by atoms with Gasteiger partial charge in [-0.25, -0.2) is 0 Å². The molecule has 0 atom stereocenters. The van der Waals surface area contributed by atoms with Gasteiger partial charge in [0.2, 0.25) is 0 Å². The van der Waals surface area contributed by atoms with Crippen molar-refractivity contribution in [2.45, 2.75) is 39.5 Å². The van der Waals surface area contributed by atoms with Crippen LogP contribution in [0.15, 0.2) is 24.3 Å². The van der Waals surface area contributed by atoms with Crippen LogP contribution in [-0.4, -0.2) is 30.4 Å². The molecule has 2 rings (SSSR count). The van der Waals surface area contributed by atoms with Gasteiger partial charge >= 0.3 is 0 Å². The number of hydrogen-bond acceptors (Lipinski definition) is 2. The first-order valence-corrected chi connectivity index (χ1v) is 7.61. The minimum Gasteiger partial charge on any atom is -0.338 e. The molecule has 1 aromatic rings. The summed E-state index contributed by atoms with van der Waals surface area (Å²) in [6.07, 6.45) is 4.31. The van der Waals surface area contributed by atoms with Gasteiger partial charge in [-0.1, -0.05) is 38.5 Å². The van der Waals surface area contributed by atoms with E-state index in [0.717, 1.165) is 50.9 Å². The number of fused-ring (bicyclic) bond motifs is 1. The number of nitrogens with zero attached hydrogens (tertiary/aromatic N) is 1. The largest absolute Gasteiger partial charge is 0.338 e. The molecule has 1 aliphatic rings. The molecule has 3 heteroatoms. The van der Waals surface area contributed by atoms with Crippen molar-refractivity contribution in [3.63, 3.8) is 0 Å². The highest BCUT2D eigenvalue weighted by Crippen LogP contribution is 2.22. The molecule has 3 nitrogen and oxygen atoms in total. The molecule has 0 bridgehead atoms. The summed E-state index contributed by atoms with van der Waals surface area (Å²) in [4.78, 5) is 14.4. The summed E-state index contributed by atoms with van der Waals surface area (Å²) < 4.78 is 0. The van der Waals surface area contributed by atoms with Gasteiger partial charge in [0, 0.05) is 18.7 Å². The Morgan fingerprint density at radius 2 is 2.00 bits per heavy atom. The van der Waals surface area contributed by atoms with Crippen molar-refractivity contribution in [3.05, 3.63) is 35.4 Å². The molecule has 0 spiro atoms. The predicted molar refractivity (Wildman–Crippen MR) is 82.7 cm³/mol. The van der Waals surface area contributed by atoms with Crippen LogP contribution in [0.5, 0.6) is 0 Å². The van der Waals surface area contributed by atoms with E-state index in [2.05, 4.69) is 19.9 Å². The number of unbranched alkanes of at least 4 members (excludes halogenated alkanes) is 1. The van der Waals surface area contributed by atoms with Crippen LogP contribution in [0.4, 0.5) is 0 Å². The fourth-order valence-electron chi connectivity index (χ4n) is 2.70. The molecule has 20 heavy (non-hydrogen) atoms. The van der Waals surface area contributed by atoms with Crippen LogP contribution in [0.2, 0.25) is 0 Å². The van der Waals surface area contributed by atoms with E-state index in [-0.39, 0.29) is 11.3 Å². The maximum Gasteiger partial charge on any atom is 0.254 e. The van der Waals surface area contributed by atoms with E-state index in [0.29, 0.717) is 0 Å². The second kappa shape index (κ2) is 6.40. The molecule has 1 heterocycles. The molecule has 1 aliphatic heterocycles. The second-order valence-electron chi connectivity index (χ2n) is 6.52. The van der Waals surface area contributed by atoms with E-state index in [9.17, 15) is 4.79 Å². The molecular formula is C17H26N2O. The standard InChI is InChI=1S/C17H26N2O/c1-17(2,13-18)10-5-6-11-19-12-9-14-7-3-4-8-15(14)16(19)20/h3-4,7-8H,5-6,9-13,18H2,1-2H3. The van der Waals surface area contributed by atoms with E-state index in [1.165, 1.54) is 5.56 Å². The SMILES string of the molecule is CC(C)(CN)CCCCN1CCc2ccccc2C1=O. The van der Waals surface area contributed by atoms with Crippen molar-refractivity contribution in [1.29, 1.82) is 0 Å². The molecular weight excluding hydrogens is 248 g/mol. The summed E-state index contributed by atoms with van der Waals surface area (Å²) in [5.74, 6) is 0.199. The molecule has 2 N–H and O–H groups in total. The van der Waals surface area contributed by atoms with E-state index in [1.807, 2.05) is 23.1 Å². The van der Waals surface area contributed by atoms with Crippen molar-refractivity contribution in [1.82, 2.24) is 4.90 Å². The predicted octanol–water partition coefficient (Wildman–Crippen LogP) is 2.84. The zero-order chi connectivity index (χ0) is 14.6. The lowest BCUT2D eigenvalue weighted by molar-refractivity contribution is 0.0735. The van der Waals surface area contributed by atoms with E-state index in [4.69, 9.17) is 5.73 Å². The summed E-state index contributed by atoms with van der Waals surface area (Å²) in [7, 11) is 0. The highest BCUT2D eigenvalue weighted by Gasteiger charge is 2.23. The Morgan fingerprint density at radius 1 is 1.25 bits per heavy atom. The highest BCUT2D eigenvalue weighted by molar-refractivity contribution is 5.96. The van der Waals surface area contributed by atoms with Crippen LogP contribution in [0.25, 0.3) is 0 Å². The van der Waals surface area contributed by atoms with Gasteiger partial charge in [0.25, 0.3) is 5.91 Å². The fourth-order valence-corrected chi connectivity index (χ4v) is 2.70. The van der Waals surface area contributed by atoms with Crippen LogP contribution >= 0.6 is 0 Å². The first-order chi connectivity index (χ1) is 9.53. The van der Waals surface area contributed by atoms with Crippen LogP contribution < -0.4 is 5.73 Å². The number of amides is 1. The number of rotatable bonds is 6. The van der Waals surface area contributed by atoms with Crippen LogP contribution in [0, 0.1) is 5.41 Å². The number of carbonyl (C=O) groups is 1. The lowest BCUT2D eigenvalue weighted by Crippen LogP contribution is -2.38. The van der Waals surface area contributed by atoms with Crippen molar-refractivity contribution in [2.24, 2.45) is 11.1 Å². The van der Waals surface area contributed by atoms with Crippen LogP contribution in [-0.2, 0) is 6.42 Å². The highest BCUT2D eigenvalue weighted by atomic mass is 16.2. The van der Waals surface area contributed by atoms with Gasteiger partial charge in [-0.2, -0.15) is 0 Å². The van der Waals surface area contributed by atoms with Gasteiger partial charge in [0.1, 0.15) is 0 Å². The molecule has 0 saturated carbocycles. The Morgan fingerprint density at radius 3 is 2.75 bits per heavy atom. The first-order valence-electron chi connectivity index (χ1n) is 7.61. The number of benzene rings is 1. The molecule has 0 saturated heterocycles. The van der Waals surface area contributed by atoms with E-state index in [1.54, 1.807) is 0 Å². The zero-order valence-electron chi connectivity index (χ0n) is 12.7. The summed E-state index contributed by atoms with van der Waals surface area (Å²) in [6, 6.07) is 7.97. The minimum absolute atomic E-state index is 0.199. The Labute approximate surface area is 122 Å². The molecule has 1 aromatic carbocycles. The quantitative estimate of drug-likeness (QED) is 0.811. The van der Waals surface area contributed by atoms with Gasteiger partial charge in [0.15, 0.2) is 0 Å². The summed E-state index contributed by atoms with van der Waals surface area (Å²) >= 11 is 0. The lowest BCUT2D eigenvalue weighted by Gasteiger charge is -2.29. The van der Waals surface area contributed by atoms with Crippen molar-refractivity contribution in [3.8, 4) is 0 Å². The van der Waals surface area contributed by atoms with E-state index >= 15 is 0 Å². The molecule has 0 unspecified atom stereocenters. The number of nitrogens with two attached hydrogens (primary N) is 1. The van der Waals surface area contributed by atoms with Crippen molar-refractivity contribution >= 4 is 5.91 Å². The molecule has 1 amide bonds. The molecule has 0 aliphatic carbocycles. The smallest absolute Gasteiger partial charge is 0.254 e. The Balaban J connectivity index is 1.83. The first kappa shape index (κ1) is 15.0. The molecule has 110 valence electrons. The van der Waals surface area contributed by atoms with Gasteiger partial charge in [-0.3, -0.25) is 4.79 Å². The fraction of sp³-hybridized carbons (Fsp3) is 0.588. The maximum absolute atomic E-state index is 12.4. The monoisotopic (exact) mass is 274 g/mol. The topological polar surface area (TPSA) is 46.3 Å². The van der Waals surface area contributed by atoms with Gasteiger partial charge in [-0.05, 0) is 42.9 Å². The van der Waals surface area contributed by atoms with Gasteiger partial charge in [0.05, 0.1) is 0 Å². The van der Waals surface area contributed by atoms with Crippen molar-refractivity contribution < 1.29 is 4.79 Å². The third-order valence-electron chi connectivity index (χ3n) is 4.27. The lowest BCUT2D eigenvalue weighted by atomic mass is 9.87. The minimum atomic E-state index is 0.199. The third kappa shape index (κ3) is 3.60. The average molecular weight is 274 g/mol.